The number of nitrogens with zero attached hydrogens (tertiary/aromatic N) is 1. The molecule has 2 heterocycles. The van der Waals surface area contributed by atoms with Gasteiger partial charge in [-0.2, -0.15) is 0 Å². The van der Waals surface area contributed by atoms with Crippen LogP contribution in [-0.2, 0) is 31.9 Å². The van der Waals surface area contributed by atoms with Gasteiger partial charge in [-0.15, -0.1) is 11.3 Å². The molecule has 1 aromatic rings. The maximum absolute atomic E-state index is 13.1. The summed E-state index contributed by atoms with van der Waals surface area (Å²) >= 11 is 1.50. The largest absolute Gasteiger partial charge is 0.466 e. The minimum Gasteiger partial charge on any atom is -0.466 e. The summed E-state index contributed by atoms with van der Waals surface area (Å²) in [6.07, 6.45) is 4.42. The molecule has 0 aromatic carbocycles. The van der Waals surface area contributed by atoms with Gasteiger partial charge >= 0.3 is 11.9 Å². The normalized spacial score (nSPS) is 22.3. The predicted octanol–water partition coefficient (Wildman–Crippen LogP) is 3.65. The zero-order chi connectivity index (χ0) is 22.5. The van der Waals surface area contributed by atoms with Crippen molar-refractivity contribution < 1.29 is 23.9 Å². The van der Waals surface area contributed by atoms with Gasteiger partial charge < -0.3 is 14.8 Å². The molecule has 2 aliphatic rings. The molecule has 31 heavy (non-hydrogen) atoms. The van der Waals surface area contributed by atoms with Crippen LogP contribution in [0, 0.1) is 11.8 Å². The Labute approximate surface area is 188 Å². The second-order valence-electron chi connectivity index (χ2n) is 8.53. The lowest BCUT2D eigenvalue weighted by Gasteiger charge is -2.35. The van der Waals surface area contributed by atoms with Crippen molar-refractivity contribution >= 4 is 34.2 Å². The Morgan fingerprint density at radius 1 is 1.19 bits per heavy atom. The quantitative estimate of drug-likeness (QED) is 0.639. The zero-order valence-electron chi connectivity index (χ0n) is 19.0. The van der Waals surface area contributed by atoms with Crippen molar-refractivity contribution in [3.63, 3.8) is 0 Å². The Balaban J connectivity index is 1.75. The highest BCUT2D eigenvalue weighted by Gasteiger charge is 2.33. The van der Waals surface area contributed by atoms with Crippen molar-refractivity contribution in [1.82, 2.24) is 4.90 Å². The first-order valence-corrected chi connectivity index (χ1v) is 12.2. The maximum atomic E-state index is 13.1. The van der Waals surface area contributed by atoms with E-state index in [4.69, 9.17) is 9.47 Å². The number of fused-ring (bicyclic) bond motifs is 1. The fourth-order valence-corrected chi connectivity index (χ4v) is 5.85. The molecule has 1 N–H and O–H groups in total. The summed E-state index contributed by atoms with van der Waals surface area (Å²) in [5.41, 5.74) is 1.56. The molecule has 7 nitrogen and oxygen atoms in total. The van der Waals surface area contributed by atoms with Gasteiger partial charge in [-0.1, -0.05) is 6.92 Å². The van der Waals surface area contributed by atoms with Crippen LogP contribution in [0.2, 0.25) is 0 Å². The fourth-order valence-electron chi connectivity index (χ4n) is 4.45. The minimum atomic E-state index is -0.412. The van der Waals surface area contributed by atoms with Crippen molar-refractivity contribution in [2.75, 3.05) is 31.6 Å². The predicted molar refractivity (Wildman–Crippen MR) is 120 cm³/mol. The van der Waals surface area contributed by atoms with Crippen LogP contribution < -0.4 is 5.32 Å². The number of carbonyl (C=O) groups is 3. The standard InChI is InChI=1S/C23H34N2O5S/c1-5-29-22(27)16-8-7-11-25(13-16)15(4)20(26)24-21-19(23(28)30-6-2)17-10-9-14(3)12-18(17)31-21/h14-16H,5-13H2,1-4H3,(H,24,26)/t14-,15+,16+/m1/s1. The Morgan fingerprint density at radius 3 is 2.65 bits per heavy atom. The van der Waals surface area contributed by atoms with E-state index in [1.54, 1.807) is 13.8 Å². The van der Waals surface area contributed by atoms with E-state index in [0.717, 1.165) is 44.2 Å². The summed E-state index contributed by atoms with van der Waals surface area (Å²) in [4.78, 5) is 41.1. The summed E-state index contributed by atoms with van der Waals surface area (Å²) < 4.78 is 10.5. The van der Waals surface area contributed by atoms with Gasteiger partial charge in [-0.3, -0.25) is 14.5 Å². The molecule has 1 aromatic heterocycles. The molecule has 0 bridgehead atoms. The van der Waals surface area contributed by atoms with E-state index in [9.17, 15) is 14.4 Å². The van der Waals surface area contributed by atoms with Crippen LogP contribution in [0.4, 0.5) is 5.00 Å². The van der Waals surface area contributed by atoms with Gasteiger partial charge in [0.15, 0.2) is 0 Å². The van der Waals surface area contributed by atoms with Crippen molar-refractivity contribution in [2.24, 2.45) is 11.8 Å². The van der Waals surface area contributed by atoms with Crippen LogP contribution in [-0.4, -0.2) is 55.1 Å². The first-order valence-electron chi connectivity index (χ1n) is 11.4. The minimum absolute atomic E-state index is 0.165. The van der Waals surface area contributed by atoms with Gasteiger partial charge in [0.25, 0.3) is 0 Å². The maximum Gasteiger partial charge on any atom is 0.341 e. The average molecular weight is 451 g/mol. The van der Waals surface area contributed by atoms with Crippen LogP contribution in [0.5, 0.6) is 0 Å². The SMILES string of the molecule is CCOC(=O)c1c(NC(=O)[C@H](C)N2CCC[C@H](C(=O)OCC)C2)sc2c1CC[C@@H](C)C2. The van der Waals surface area contributed by atoms with E-state index in [1.807, 2.05) is 11.8 Å². The molecule has 1 fully saturated rings. The second kappa shape index (κ2) is 10.6. The van der Waals surface area contributed by atoms with Crippen molar-refractivity contribution in [3.8, 4) is 0 Å². The van der Waals surface area contributed by atoms with E-state index in [-0.39, 0.29) is 23.8 Å². The number of hydrogen-bond donors (Lipinski definition) is 1. The summed E-state index contributed by atoms with van der Waals surface area (Å²) in [5, 5.41) is 3.60. The number of ether oxygens (including phenoxy) is 2. The molecule has 0 unspecified atom stereocenters. The monoisotopic (exact) mass is 450 g/mol. The molecule has 172 valence electrons. The Bertz CT molecular complexity index is 821. The smallest absolute Gasteiger partial charge is 0.341 e. The lowest BCUT2D eigenvalue weighted by Crippen LogP contribution is -2.48. The number of anilines is 1. The zero-order valence-corrected chi connectivity index (χ0v) is 19.8. The highest BCUT2D eigenvalue weighted by molar-refractivity contribution is 7.17. The Hall–Kier alpha value is -1.93. The van der Waals surface area contributed by atoms with Crippen molar-refractivity contribution in [3.05, 3.63) is 16.0 Å². The third-order valence-corrected chi connectivity index (χ3v) is 7.40. The fraction of sp³-hybridized carbons (Fsp3) is 0.696. The van der Waals surface area contributed by atoms with Gasteiger partial charge in [-0.05, 0) is 70.9 Å². The molecule has 8 heteroatoms. The molecule has 1 aliphatic heterocycles. The van der Waals surface area contributed by atoms with Gasteiger partial charge in [0.05, 0.1) is 30.7 Å². The lowest BCUT2D eigenvalue weighted by molar-refractivity contribution is -0.150. The van der Waals surface area contributed by atoms with Gasteiger partial charge in [0.2, 0.25) is 5.91 Å². The topological polar surface area (TPSA) is 84.9 Å². The van der Waals surface area contributed by atoms with Gasteiger partial charge in [0.1, 0.15) is 5.00 Å². The van der Waals surface area contributed by atoms with Crippen LogP contribution in [0.3, 0.4) is 0 Å². The van der Waals surface area contributed by atoms with Crippen molar-refractivity contribution in [2.45, 2.75) is 65.8 Å². The molecule has 1 amide bonds. The number of rotatable bonds is 7. The third-order valence-electron chi connectivity index (χ3n) is 6.23. The molecule has 0 spiro atoms. The summed E-state index contributed by atoms with van der Waals surface area (Å²) in [6, 6.07) is -0.412. The highest BCUT2D eigenvalue weighted by Crippen LogP contribution is 2.40. The van der Waals surface area contributed by atoms with Gasteiger partial charge in [-0.25, -0.2) is 4.79 Å². The average Bonchev–Trinajstić information content (AvgIpc) is 3.10. The Kier molecular flexibility index (Phi) is 8.11. The van der Waals surface area contributed by atoms with E-state index in [2.05, 4.69) is 12.2 Å². The number of likely N-dealkylation sites (tertiary alicyclic amines) is 1. The highest BCUT2D eigenvalue weighted by atomic mass is 32.1. The second-order valence-corrected chi connectivity index (χ2v) is 9.63. The number of nitrogens with one attached hydrogen (secondary N) is 1. The molecular weight excluding hydrogens is 416 g/mol. The van der Waals surface area contributed by atoms with Crippen LogP contribution in [0.1, 0.15) is 67.8 Å². The number of carbonyl (C=O) groups excluding carboxylic acids is 3. The summed E-state index contributed by atoms with van der Waals surface area (Å²) in [5.74, 6) is -0.351. The van der Waals surface area contributed by atoms with Crippen LogP contribution >= 0.6 is 11.3 Å². The molecule has 0 saturated carbocycles. The van der Waals surface area contributed by atoms with E-state index >= 15 is 0 Å². The molecule has 1 aliphatic carbocycles. The van der Waals surface area contributed by atoms with Crippen molar-refractivity contribution in [1.29, 1.82) is 0 Å². The van der Waals surface area contributed by atoms with Gasteiger partial charge in [0, 0.05) is 11.4 Å². The molecule has 3 rings (SSSR count). The van der Waals surface area contributed by atoms with E-state index in [0.29, 0.717) is 36.2 Å². The molecular formula is C23H34N2O5S. The lowest BCUT2D eigenvalue weighted by atomic mass is 9.88. The van der Waals surface area contributed by atoms with Crippen LogP contribution in [0.25, 0.3) is 0 Å². The molecule has 3 atom stereocenters. The number of hydrogen-bond acceptors (Lipinski definition) is 7. The first kappa shape index (κ1) is 23.7. The van der Waals surface area contributed by atoms with E-state index in [1.165, 1.54) is 16.2 Å². The summed E-state index contributed by atoms with van der Waals surface area (Å²) in [7, 11) is 0. The van der Waals surface area contributed by atoms with Crippen LogP contribution in [0.15, 0.2) is 0 Å². The number of esters is 2. The summed E-state index contributed by atoms with van der Waals surface area (Å²) in [6.45, 7) is 9.58. The molecule has 1 saturated heterocycles. The van der Waals surface area contributed by atoms with E-state index < -0.39 is 6.04 Å². The number of amides is 1. The first-order chi connectivity index (χ1) is 14.8. The Morgan fingerprint density at radius 2 is 1.94 bits per heavy atom. The molecule has 0 radical (unpaired) electrons. The number of piperidine rings is 1. The number of thiophene rings is 1. The third kappa shape index (κ3) is 5.47.